The van der Waals surface area contributed by atoms with Gasteiger partial charge in [-0.2, -0.15) is 0 Å². The van der Waals surface area contributed by atoms with Crippen LogP contribution in [0.4, 0.5) is 11.4 Å². The monoisotopic (exact) mass is 405 g/mol. The first-order valence-electron chi connectivity index (χ1n) is 9.76. The van der Waals surface area contributed by atoms with E-state index in [1.165, 1.54) is 0 Å². The van der Waals surface area contributed by atoms with Gasteiger partial charge >= 0.3 is 5.82 Å². The fourth-order valence-electron chi connectivity index (χ4n) is 2.95. The molecule has 0 spiro atoms. The molecule has 7 nitrogen and oxygen atoms in total. The Morgan fingerprint density at radius 1 is 0.867 bits per heavy atom. The van der Waals surface area contributed by atoms with Gasteiger partial charge in [0.1, 0.15) is 6.61 Å². The van der Waals surface area contributed by atoms with Crippen LogP contribution < -0.4 is 14.5 Å². The van der Waals surface area contributed by atoms with Crippen molar-refractivity contribution in [1.82, 2.24) is 4.68 Å². The molecule has 30 heavy (non-hydrogen) atoms. The summed E-state index contributed by atoms with van der Waals surface area (Å²) < 4.78 is 3.42. The molecule has 0 radical (unpaired) electrons. The van der Waals surface area contributed by atoms with Gasteiger partial charge in [0.25, 0.3) is 0 Å². The minimum atomic E-state index is -0.127. The van der Waals surface area contributed by atoms with Crippen molar-refractivity contribution in [3.8, 4) is 0 Å². The summed E-state index contributed by atoms with van der Waals surface area (Å²) in [7, 11) is 8.04. The van der Waals surface area contributed by atoms with Gasteiger partial charge in [0.15, 0.2) is 11.9 Å². The Labute approximate surface area is 177 Å². The topological polar surface area (TPSA) is 60.2 Å². The number of aromatic nitrogens is 2. The van der Waals surface area contributed by atoms with Crippen LogP contribution in [0.1, 0.15) is 22.6 Å². The summed E-state index contributed by atoms with van der Waals surface area (Å²) in [4.78, 5) is 4.11. The molecule has 0 aliphatic rings. The molecular formula is C23H29N6O+. The quantitative estimate of drug-likeness (QED) is 0.485. The predicted molar refractivity (Wildman–Crippen MR) is 123 cm³/mol. The largest absolute Gasteiger partial charge is 0.388 e. The molecule has 0 saturated carbocycles. The second kappa shape index (κ2) is 9.37. The third-order valence-electron chi connectivity index (χ3n) is 4.82. The van der Waals surface area contributed by atoms with E-state index >= 15 is 0 Å². The lowest BCUT2D eigenvalue weighted by molar-refractivity contribution is -0.684. The van der Waals surface area contributed by atoms with E-state index in [0.717, 1.165) is 28.3 Å². The van der Waals surface area contributed by atoms with Crippen LogP contribution in [0.25, 0.3) is 0 Å². The maximum atomic E-state index is 9.75. The molecule has 2 aromatic carbocycles. The summed E-state index contributed by atoms with van der Waals surface area (Å²) in [6.07, 6.45) is 5.35. The Balaban J connectivity index is 1.81. The van der Waals surface area contributed by atoms with Crippen LogP contribution in [-0.4, -0.2) is 50.4 Å². The average molecular weight is 406 g/mol. The molecule has 3 rings (SSSR count). The van der Waals surface area contributed by atoms with Gasteiger partial charge in [0, 0.05) is 46.5 Å². The van der Waals surface area contributed by atoms with E-state index in [4.69, 9.17) is 0 Å². The van der Waals surface area contributed by atoms with E-state index in [1.807, 2.05) is 71.5 Å². The van der Waals surface area contributed by atoms with Crippen LogP contribution in [0.2, 0.25) is 0 Å². The highest BCUT2D eigenvalue weighted by atomic mass is 16.3. The normalized spacial score (nSPS) is 11.5. The molecule has 1 heterocycles. The van der Waals surface area contributed by atoms with Crippen LogP contribution in [0.3, 0.4) is 0 Å². The SMILES string of the molecule is Cc1n(N=Cc2ccc(N(C)C)cc2)c(CO)c[n+]1N=Cc1ccc(N(C)C)cc1. The first kappa shape index (κ1) is 21.3. The first-order valence-corrected chi connectivity index (χ1v) is 9.76. The van der Waals surface area contributed by atoms with Gasteiger partial charge in [-0.3, -0.25) is 0 Å². The number of nitrogens with zero attached hydrogens (tertiary/aromatic N) is 6. The molecule has 0 unspecified atom stereocenters. The zero-order valence-corrected chi connectivity index (χ0v) is 18.2. The second-order valence-corrected chi connectivity index (χ2v) is 7.44. The summed E-state index contributed by atoms with van der Waals surface area (Å²) in [5.74, 6) is 0.793. The second-order valence-electron chi connectivity index (χ2n) is 7.44. The molecular weight excluding hydrogens is 376 g/mol. The average Bonchev–Trinajstić information content (AvgIpc) is 3.06. The molecule has 156 valence electrons. The fraction of sp³-hybridized carbons (Fsp3) is 0.261. The van der Waals surface area contributed by atoms with Gasteiger partial charge in [-0.15, -0.1) is 4.68 Å². The van der Waals surface area contributed by atoms with Crippen LogP contribution in [0.5, 0.6) is 0 Å². The number of imidazole rings is 1. The van der Waals surface area contributed by atoms with Crippen LogP contribution >= 0.6 is 0 Å². The molecule has 0 saturated heterocycles. The third kappa shape index (κ3) is 4.93. The zero-order chi connectivity index (χ0) is 21.7. The first-order chi connectivity index (χ1) is 14.4. The molecule has 7 heteroatoms. The van der Waals surface area contributed by atoms with E-state index < -0.39 is 0 Å². The van der Waals surface area contributed by atoms with Crippen molar-refractivity contribution < 1.29 is 9.78 Å². The molecule has 0 aliphatic carbocycles. The van der Waals surface area contributed by atoms with E-state index in [2.05, 4.69) is 32.1 Å². The standard InChI is InChI=1S/C23H29N6O/c1-18-28(24-14-19-6-10-21(11-7-19)26(2)3)16-23(17-30)29(18)25-15-20-8-12-22(13-9-20)27(4)5/h6-16,30H,17H2,1-5H3/q+1. The number of anilines is 2. The minimum absolute atomic E-state index is 0.127. The Kier molecular flexibility index (Phi) is 6.64. The van der Waals surface area contributed by atoms with Gasteiger partial charge in [-0.1, -0.05) is 39.1 Å². The van der Waals surface area contributed by atoms with Crippen molar-refractivity contribution in [2.24, 2.45) is 10.2 Å². The Morgan fingerprint density at radius 2 is 1.37 bits per heavy atom. The highest BCUT2D eigenvalue weighted by Gasteiger charge is 2.19. The van der Waals surface area contributed by atoms with Crippen molar-refractivity contribution >= 4 is 23.8 Å². The van der Waals surface area contributed by atoms with Gasteiger partial charge in [0.2, 0.25) is 0 Å². The van der Waals surface area contributed by atoms with E-state index in [9.17, 15) is 5.11 Å². The number of hydrogen-bond acceptors (Lipinski definition) is 5. The van der Waals surface area contributed by atoms with Crippen molar-refractivity contribution in [3.05, 3.63) is 77.4 Å². The number of hydrogen-bond donors (Lipinski definition) is 1. The third-order valence-corrected chi connectivity index (χ3v) is 4.82. The van der Waals surface area contributed by atoms with Gasteiger partial charge in [-0.05, 0) is 35.4 Å². The Morgan fingerprint density at radius 3 is 1.83 bits per heavy atom. The molecule has 1 aromatic heterocycles. The highest BCUT2D eigenvalue weighted by Crippen LogP contribution is 2.12. The number of benzene rings is 2. The minimum Gasteiger partial charge on any atom is -0.388 e. The lowest BCUT2D eigenvalue weighted by atomic mass is 10.2. The van der Waals surface area contributed by atoms with Gasteiger partial charge < -0.3 is 14.9 Å². The lowest BCUT2D eigenvalue weighted by Crippen LogP contribution is -2.29. The molecule has 0 aliphatic heterocycles. The van der Waals surface area contributed by atoms with Crippen LogP contribution in [-0.2, 0) is 6.61 Å². The summed E-state index contributed by atoms with van der Waals surface area (Å²) in [6.45, 7) is 1.79. The molecule has 3 aromatic rings. The van der Waals surface area contributed by atoms with Crippen molar-refractivity contribution in [3.63, 3.8) is 0 Å². The van der Waals surface area contributed by atoms with Gasteiger partial charge in [0.05, 0.1) is 12.4 Å². The van der Waals surface area contributed by atoms with Crippen LogP contribution in [0.15, 0.2) is 64.9 Å². The summed E-state index contributed by atoms with van der Waals surface area (Å²) >= 11 is 0. The maximum Gasteiger partial charge on any atom is 0.304 e. The van der Waals surface area contributed by atoms with E-state index in [0.29, 0.717) is 5.69 Å². The molecule has 1 N–H and O–H groups in total. The molecule has 0 fully saturated rings. The van der Waals surface area contributed by atoms with Crippen molar-refractivity contribution in [1.29, 1.82) is 0 Å². The van der Waals surface area contributed by atoms with E-state index in [1.54, 1.807) is 28.0 Å². The lowest BCUT2D eigenvalue weighted by Gasteiger charge is -2.11. The van der Waals surface area contributed by atoms with Crippen molar-refractivity contribution in [2.75, 3.05) is 38.0 Å². The smallest absolute Gasteiger partial charge is 0.304 e. The summed E-state index contributed by atoms with van der Waals surface area (Å²) in [5, 5.41) is 18.8. The van der Waals surface area contributed by atoms with Crippen molar-refractivity contribution in [2.45, 2.75) is 13.5 Å². The summed E-state index contributed by atoms with van der Waals surface area (Å²) in [5.41, 5.74) is 4.90. The zero-order valence-electron chi connectivity index (χ0n) is 18.2. The van der Waals surface area contributed by atoms with E-state index in [-0.39, 0.29) is 6.61 Å². The molecule has 0 bridgehead atoms. The molecule has 0 atom stereocenters. The number of aliphatic hydroxyl groups excluding tert-OH is 1. The highest BCUT2D eigenvalue weighted by molar-refractivity contribution is 5.80. The summed E-state index contributed by atoms with van der Waals surface area (Å²) in [6, 6.07) is 16.3. The maximum absolute atomic E-state index is 9.75. The number of aliphatic hydroxyl groups is 1. The number of rotatable bonds is 7. The van der Waals surface area contributed by atoms with Crippen LogP contribution in [0, 0.1) is 6.92 Å². The fourth-order valence-corrected chi connectivity index (χ4v) is 2.95. The predicted octanol–water partition coefficient (Wildman–Crippen LogP) is 2.47. The molecule has 0 amide bonds. The Hall–Kier alpha value is -3.45. The Bertz CT molecular complexity index is 1030. The van der Waals surface area contributed by atoms with Gasteiger partial charge in [-0.25, -0.2) is 0 Å².